The normalized spacial score (nSPS) is 22.7. The molecule has 1 unspecified atom stereocenters. The van der Waals surface area contributed by atoms with Gasteiger partial charge in [0.15, 0.2) is 0 Å². The molecule has 2 heterocycles. The molecular formula is C18H24FN3O2. The van der Waals surface area contributed by atoms with E-state index in [1.165, 1.54) is 6.07 Å². The summed E-state index contributed by atoms with van der Waals surface area (Å²) >= 11 is 0. The SMILES string of the molecule is NC(=O)C1CCCN1C1CCN(C(=O)Cc2ccccc2F)CC1. The number of hydrogen-bond donors (Lipinski definition) is 1. The summed E-state index contributed by atoms with van der Waals surface area (Å²) in [6, 6.07) is 6.56. The lowest BCUT2D eigenvalue weighted by atomic mass is 10.0. The van der Waals surface area contributed by atoms with Crippen molar-refractivity contribution in [1.29, 1.82) is 0 Å². The number of primary amides is 1. The first-order valence-corrected chi connectivity index (χ1v) is 8.62. The highest BCUT2D eigenvalue weighted by Crippen LogP contribution is 2.26. The number of nitrogens with two attached hydrogens (primary N) is 1. The average Bonchev–Trinajstić information content (AvgIpc) is 3.07. The number of carbonyl (C=O) groups excluding carboxylic acids is 2. The van der Waals surface area contributed by atoms with Crippen LogP contribution in [0.3, 0.4) is 0 Å². The van der Waals surface area contributed by atoms with Crippen LogP contribution in [0.4, 0.5) is 4.39 Å². The number of nitrogens with zero attached hydrogens (tertiary/aromatic N) is 2. The fourth-order valence-electron chi connectivity index (χ4n) is 3.90. The first kappa shape index (κ1) is 16.9. The maximum atomic E-state index is 13.7. The van der Waals surface area contributed by atoms with Gasteiger partial charge in [0.25, 0.3) is 0 Å². The highest BCUT2D eigenvalue weighted by Gasteiger charge is 2.36. The quantitative estimate of drug-likeness (QED) is 0.903. The van der Waals surface area contributed by atoms with Gasteiger partial charge in [-0.3, -0.25) is 14.5 Å². The lowest BCUT2D eigenvalue weighted by molar-refractivity contribution is -0.133. The molecule has 5 nitrogen and oxygen atoms in total. The number of halogens is 1. The van der Waals surface area contributed by atoms with E-state index in [1.54, 1.807) is 23.1 Å². The Kier molecular flexibility index (Phi) is 5.14. The Balaban J connectivity index is 1.54. The van der Waals surface area contributed by atoms with Gasteiger partial charge < -0.3 is 10.6 Å². The van der Waals surface area contributed by atoms with Crippen LogP contribution in [0.1, 0.15) is 31.2 Å². The Morgan fingerprint density at radius 2 is 1.83 bits per heavy atom. The van der Waals surface area contributed by atoms with Gasteiger partial charge in [-0.25, -0.2) is 4.39 Å². The van der Waals surface area contributed by atoms with E-state index in [0.717, 1.165) is 32.2 Å². The standard InChI is InChI=1S/C18H24FN3O2/c19-15-5-2-1-4-13(15)12-17(23)21-10-7-14(8-11-21)22-9-3-6-16(22)18(20)24/h1-2,4-5,14,16H,3,6-12H2,(H2,20,24). The second-order valence-electron chi connectivity index (χ2n) is 6.68. The summed E-state index contributed by atoms with van der Waals surface area (Å²) < 4.78 is 13.7. The van der Waals surface area contributed by atoms with E-state index in [0.29, 0.717) is 24.7 Å². The van der Waals surface area contributed by atoms with Crippen molar-refractivity contribution in [2.75, 3.05) is 19.6 Å². The summed E-state index contributed by atoms with van der Waals surface area (Å²) in [5.74, 6) is -0.612. The van der Waals surface area contributed by atoms with Gasteiger partial charge in [-0.2, -0.15) is 0 Å². The topological polar surface area (TPSA) is 66.6 Å². The first-order valence-electron chi connectivity index (χ1n) is 8.62. The molecule has 130 valence electrons. The zero-order valence-corrected chi connectivity index (χ0v) is 13.8. The Morgan fingerprint density at radius 3 is 2.50 bits per heavy atom. The van der Waals surface area contributed by atoms with Crippen molar-refractivity contribution in [2.45, 2.75) is 44.2 Å². The Morgan fingerprint density at radius 1 is 1.12 bits per heavy atom. The van der Waals surface area contributed by atoms with Crippen molar-refractivity contribution in [3.63, 3.8) is 0 Å². The minimum Gasteiger partial charge on any atom is -0.368 e. The molecule has 0 bridgehead atoms. The van der Waals surface area contributed by atoms with Crippen LogP contribution in [-0.4, -0.2) is 53.3 Å². The highest BCUT2D eigenvalue weighted by molar-refractivity contribution is 5.80. The summed E-state index contributed by atoms with van der Waals surface area (Å²) in [5.41, 5.74) is 5.93. The average molecular weight is 333 g/mol. The Labute approximate surface area is 141 Å². The number of rotatable bonds is 4. The summed E-state index contributed by atoms with van der Waals surface area (Å²) in [6.07, 6.45) is 3.62. The van der Waals surface area contributed by atoms with Crippen LogP contribution in [0, 0.1) is 5.82 Å². The van der Waals surface area contributed by atoms with E-state index in [2.05, 4.69) is 4.90 Å². The molecule has 0 spiro atoms. The molecule has 0 saturated carbocycles. The molecule has 2 amide bonds. The van der Waals surface area contributed by atoms with Gasteiger partial charge in [-0.1, -0.05) is 18.2 Å². The van der Waals surface area contributed by atoms with E-state index in [-0.39, 0.29) is 30.1 Å². The van der Waals surface area contributed by atoms with Crippen molar-refractivity contribution >= 4 is 11.8 Å². The molecule has 0 aromatic heterocycles. The van der Waals surface area contributed by atoms with Gasteiger partial charge in [0.05, 0.1) is 12.5 Å². The smallest absolute Gasteiger partial charge is 0.234 e. The summed E-state index contributed by atoms with van der Waals surface area (Å²) in [7, 11) is 0. The fraction of sp³-hybridized carbons (Fsp3) is 0.556. The third-order valence-corrected chi connectivity index (χ3v) is 5.21. The van der Waals surface area contributed by atoms with Crippen LogP contribution in [0.25, 0.3) is 0 Å². The van der Waals surface area contributed by atoms with Gasteiger partial charge in [-0.15, -0.1) is 0 Å². The van der Waals surface area contributed by atoms with Crippen molar-refractivity contribution in [2.24, 2.45) is 5.73 Å². The molecule has 1 atom stereocenters. The van der Waals surface area contributed by atoms with E-state index < -0.39 is 0 Å². The maximum absolute atomic E-state index is 13.7. The minimum atomic E-state index is -0.331. The maximum Gasteiger partial charge on any atom is 0.234 e. The second kappa shape index (κ2) is 7.30. The molecule has 2 saturated heterocycles. The molecule has 2 aliphatic rings. The number of hydrogen-bond acceptors (Lipinski definition) is 3. The van der Waals surface area contributed by atoms with Gasteiger partial charge in [-0.05, 0) is 43.9 Å². The zero-order chi connectivity index (χ0) is 17.1. The largest absolute Gasteiger partial charge is 0.368 e. The number of carbonyl (C=O) groups is 2. The predicted octanol–water partition coefficient (Wildman–Crippen LogP) is 1.31. The highest BCUT2D eigenvalue weighted by atomic mass is 19.1. The van der Waals surface area contributed by atoms with Crippen molar-refractivity contribution in [3.05, 3.63) is 35.6 Å². The van der Waals surface area contributed by atoms with Gasteiger partial charge in [0.2, 0.25) is 11.8 Å². The number of amides is 2. The number of likely N-dealkylation sites (tertiary alicyclic amines) is 2. The monoisotopic (exact) mass is 333 g/mol. The molecule has 0 radical (unpaired) electrons. The third-order valence-electron chi connectivity index (χ3n) is 5.21. The molecule has 1 aromatic rings. The van der Waals surface area contributed by atoms with Crippen LogP contribution in [0.5, 0.6) is 0 Å². The molecule has 3 rings (SSSR count). The summed E-state index contributed by atoms with van der Waals surface area (Å²) in [5, 5.41) is 0. The minimum absolute atomic E-state index is 0.0357. The predicted molar refractivity (Wildman–Crippen MR) is 88.6 cm³/mol. The fourth-order valence-corrected chi connectivity index (χ4v) is 3.90. The van der Waals surface area contributed by atoms with Crippen LogP contribution in [0.2, 0.25) is 0 Å². The molecule has 2 fully saturated rings. The molecule has 0 aliphatic carbocycles. The third kappa shape index (κ3) is 3.59. The lowest BCUT2D eigenvalue weighted by Crippen LogP contribution is -2.51. The van der Waals surface area contributed by atoms with Crippen molar-refractivity contribution < 1.29 is 14.0 Å². The van der Waals surface area contributed by atoms with E-state index >= 15 is 0 Å². The Hall–Kier alpha value is -1.95. The van der Waals surface area contributed by atoms with E-state index in [9.17, 15) is 14.0 Å². The van der Waals surface area contributed by atoms with Gasteiger partial charge in [0, 0.05) is 19.1 Å². The Bertz CT molecular complexity index is 614. The lowest BCUT2D eigenvalue weighted by Gasteiger charge is -2.38. The van der Waals surface area contributed by atoms with Crippen LogP contribution >= 0.6 is 0 Å². The van der Waals surface area contributed by atoms with E-state index in [1.807, 2.05) is 0 Å². The van der Waals surface area contributed by atoms with Crippen LogP contribution < -0.4 is 5.73 Å². The zero-order valence-electron chi connectivity index (χ0n) is 13.8. The molecule has 2 N–H and O–H groups in total. The van der Waals surface area contributed by atoms with Crippen molar-refractivity contribution in [1.82, 2.24) is 9.80 Å². The molecule has 2 aliphatic heterocycles. The van der Waals surface area contributed by atoms with Gasteiger partial charge >= 0.3 is 0 Å². The number of benzene rings is 1. The molecular weight excluding hydrogens is 309 g/mol. The summed E-state index contributed by atoms with van der Waals surface area (Å²) in [6.45, 7) is 2.21. The van der Waals surface area contributed by atoms with E-state index in [4.69, 9.17) is 5.73 Å². The first-order chi connectivity index (χ1) is 11.6. The molecule has 24 heavy (non-hydrogen) atoms. The van der Waals surface area contributed by atoms with Gasteiger partial charge in [0.1, 0.15) is 5.82 Å². The van der Waals surface area contributed by atoms with Crippen molar-refractivity contribution in [3.8, 4) is 0 Å². The summed E-state index contributed by atoms with van der Waals surface area (Å²) in [4.78, 5) is 27.9. The van der Waals surface area contributed by atoms with Crippen LogP contribution in [-0.2, 0) is 16.0 Å². The molecule has 6 heteroatoms. The molecule has 1 aromatic carbocycles. The second-order valence-corrected chi connectivity index (χ2v) is 6.68. The van der Waals surface area contributed by atoms with Crippen LogP contribution in [0.15, 0.2) is 24.3 Å². The number of piperidine rings is 1.